The molecule has 0 bridgehead atoms. The Morgan fingerprint density at radius 3 is 1.33 bits per heavy atom. The van der Waals surface area contributed by atoms with Gasteiger partial charge in [0.1, 0.15) is 0 Å². The van der Waals surface area contributed by atoms with E-state index >= 15 is 0 Å². The highest BCUT2D eigenvalue weighted by molar-refractivity contribution is 6.38. The first-order chi connectivity index (χ1) is 4.24. The smallest absolute Gasteiger partial charge is 0.0239 e. The molecule has 0 saturated heterocycles. The zero-order valence-corrected chi connectivity index (χ0v) is 8.74. The van der Waals surface area contributed by atoms with Gasteiger partial charge in [-0.05, 0) is 5.04 Å². The Bertz CT molecular complexity index is 47.5. The third kappa shape index (κ3) is 2.13. The highest BCUT2D eigenvalue weighted by Crippen LogP contribution is 2.36. The van der Waals surface area contributed by atoms with E-state index in [9.17, 15) is 0 Å². The normalized spacial score (nSPS) is 13.3. The van der Waals surface area contributed by atoms with Gasteiger partial charge in [0.2, 0.25) is 0 Å². The van der Waals surface area contributed by atoms with Gasteiger partial charge in [0.15, 0.2) is 0 Å². The van der Waals surface area contributed by atoms with E-state index in [1.54, 1.807) is 0 Å². The van der Waals surface area contributed by atoms with Gasteiger partial charge < -0.3 is 0 Å². The lowest BCUT2D eigenvalue weighted by atomic mass is 9.99. The first-order valence-corrected chi connectivity index (χ1v) is 6.36. The van der Waals surface area contributed by atoms with Crippen LogP contribution in [0.5, 0.6) is 0 Å². The summed E-state index contributed by atoms with van der Waals surface area (Å²) in [6.45, 7) is 9.45. The van der Waals surface area contributed by atoms with Crippen LogP contribution < -0.4 is 0 Å². The molecule has 1 heteroatoms. The molecule has 0 aromatic rings. The molecule has 0 spiro atoms. The van der Waals surface area contributed by atoms with Crippen LogP contribution in [0, 0.1) is 0 Å². The molecule has 0 aliphatic rings. The van der Waals surface area contributed by atoms with Crippen LogP contribution in [0.25, 0.3) is 0 Å². The van der Waals surface area contributed by atoms with E-state index in [0.29, 0.717) is 0 Å². The van der Waals surface area contributed by atoms with Crippen molar-refractivity contribution < 1.29 is 0 Å². The predicted molar refractivity (Wildman–Crippen MR) is 48.0 cm³/mol. The highest BCUT2D eigenvalue weighted by Gasteiger charge is 2.20. The van der Waals surface area contributed by atoms with Crippen LogP contribution >= 0.6 is 0 Å². The Kier molecular flexibility index (Phi) is 4.20. The summed E-state index contributed by atoms with van der Waals surface area (Å²) >= 11 is 0. The average molecular weight is 144 g/mol. The first-order valence-electron chi connectivity index (χ1n) is 4.24. The van der Waals surface area contributed by atoms with Crippen LogP contribution in [0.15, 0.2) is 0 Å². The van der Waals surface area contributed by atoms with Gasteiger partial charge in [-0.3, -0.25) is 0 Å². The minimum atomic E-state index is 0.221. The molecular weight excluding hydrogens is 124 g/mol. The van der Waals surface area contributed by atoms with Gasteiger partial charge in [0.05, 0.1) is 0 Å². The maximum absolute atomic E-state index is 2.44. The fourth-order valence-corrected chi connectivity index (χ4v) is 3.00. The lowest BCUT2D eigenvalue weighted by Gasteiger charge is -2.28. The van der Waals surface area contributed by atoms with Crippen LogP contribution in [-0.2, 0) is 0 Å². The lowest BCUT2D eigenvalue weighted by molar-refractivity contribution is 0.497. The molecule has 0 radical (unpaired) electrons. The molecule has 56 valence electrons. The molecule has 0 fully saturated rings. The molecule has 9 heavy (non-hydrogen) atoms. The first kappa shape index (κ1) is 9.22. The second-order valence-electron chi connectivity index (χ2n) is 2.91. The van der Waals surface area contributed by atoms with Gasteiger partial charge >= 0.3 is 0 Å². The van der Waals surface area contributed by atoms with E-state index < -0.39 is 0 Å². The monoisotopic (exact) mass is 144 g/mol. The number of rotatable bonds is 4. The fraction of sp³-hybridized carbons (Fsp3) is 1.00. The molecule has 0 nitrogen and oxygen atoms in total. The van der Waals surface area contributed by atoms with Crippen molar-refractivity contribution in [2.45, 2.75) is 51.6 Å². The van der Waals surface area contributed by atoms with Gasteiger partial charge in [-0.15, -0.1) is 0 Å². The minimum Gasteiger partial charge on any atom is -0.0744 e. The van der Waals surface area contributed by atoms with Crippen LogP contribution in [0.4, 0.5) is 0 Å². The van der Waals surface area contributed by atoms with Gasteiger partial charge in [-0.2, -0.15) is 0 Å². The zero-order valence-electron chi connectivity index (χ0n) is 7.33. The minimum absolute atomic E-state index is 0.221. The Balaban J connectivity index is 3.82. The molecule has 0 aliphatic heterocycles. The third-order valence-electron chi connectivity index (χ3n) is 3.00. The van der Waals surface area contributed by atoms with Crippen molar-refractivity contribution in [3.05, 3.63) is 0 Å². The summed E-state index contributed by atoms with van der Waals surface area (Å²) in [5.74, 6) is 0. The maximum Gasteiger partial charge on any atom is 0.0239 e. The van der Waals surface area contributed by atoms with Crippen molar-refractivity contribution in [3.8, 4) is 0 Å². The van der Waals surface area contributed by atoms with Crippen molar-refractivity contribution in [1.29, 1.82) is 0 Å². The molecular formula is C8H20Si. The summed E-state index contributed by atoms with van der Waals surface area (Å²) in [4.78, 5) is 0. The van der Waals surface area contributed by atoms with E-state index in [1.165, 1.54) is 19.3 Å². The second kappa shape index (κ2) is 4.10. The third-order valence-corrected chi connectivity index (χ3v) is 6.00. The maximum atomic E-state index is 2.44. The number of hydrogen-bond acceptors (Lipinski definition) is 0. The van der Waals surface area contributed by atoms with Crippen molar-refractivity contribution in [1.82, 2.24) is 0 Å². The van der Waals surface area contributed by atoms with E-state index in [1.807, 2.05) is 0 Å². The van der Waals surface area contributed by atoms with Crippen LogP contribution in [-0.4, -0.2) is 9.52 Å². The quantitative estimate of drug-likeness (QED) is 0.532. The molecule has 0 aromatic carbocycles. The van der Waals surface area contributed by atoms with E-state index in [0.717, 1.165) is 5.04 Å². The highest BCUT2D eigenvalue weighted by atomic mass is 28.2. The molecule has 0 amide bonds. The van der Waals surface area contributed by atoms with Gasteiger partial charge in [0, 0.05) is 9.52 Å². The van der Waals surface area contributed by atoms with E-state index in [4.69, 9.17) is 0 Å². The molecule has 0 aliphatic carbocycles. The summed E-state index contributed by atoms with van der Waals surface area (Å²) in [5, 5.41) is 0.806. The summed E-state index contributed by atoms with van der Waals surface area (Å²) in [5.41, 5.74) is 0. The SMILES string of the molecule is CCC(CC)(CC)[SiH2]C. The summed E-state index contributed by atoms with van der Waals surface area (Å²) in [7, 11) is 0.221. The van der Waals surface area contributed by atoms with E-state index in [2.05, 4.69) is 27.3 Å². The molecule has 0 N–H and O–H groups in total. The van der Waals surface area contributed by atoms with Crippen LogP contribution in [0.1, 0.15) is 40.0 Å². The summed E-state index contributed by atoms with van der Waals surface area (Å²) in [6, 6.07) is 0. The molecule has 0 saturated carbocycles. The van der Waals surface area contributed by atoms with Crippen molar-refractivity contribution in [2.24, 2.45) is 0 Å². The predicted octanol–water partition coefficient (Wildman–Crippen LogP) is 2.59. The Labute approximate surface area is 61.9 Å². The summed E-state index contributed by atoms with van der Waals surface area (Å²) < 4.78 is 0. The lowest BCUT2D eigenvalue weighted by Crippen LogP contribution is -2.15. The summed E-state index contributed by atoms with van der Waals surface area (Å²) in [6.07, 6.45) is 4.22. The average Bonchev–Trinajstić information content (AvgIpc) is 1.95. The van der Waals surface area contributed by atoms with Gasteiger partial charge in [-0.1, -0.05) is 46.6 Å². The zero-order chi connectivity index (χ0) is 7.33. The molecule has 0 heterocycles. The molecule has 0 unspecified atom stereocenters. The fourth-order valence-electron chi connectivity index (χ4n) is 1.50. The largest absolute Gasteiger partial charge is 0.0744 e. The topological polar surface area (TPSA) is 0 Å². The molecule has 0 atom stereocenters. The molecule has 0 aromatic heterocycles. The van der Waals surface area contributed by atoms with Crippen molar-refractivity contribution in [2.75, 3.05) is 0 Å². The van der Waals surface area contributed by atoms with Crippen molar-refractivity contribution >= 4 is 9.52 Å². The standard InChI is InChI=1S/C8H20Si/c1-5-8(6-2,7-3)9-4/h5-7,9H2,1-4H3. The van der Waals surface area contributed by atoms with Crippen molar-refractivity contribution in [3.63, 3.8) is 0 Å². The van der Waals surface area contributed by atoms with Gasteiger partial charge in [0.25, 0.3) is 0 Å². The number of hydrogen-bond donors (Lipinski definition) is 0. The Morgan fingerprint density at radius 1 is 1.00 bits per heavy atom. The molecule has 0 rings (SSSR count). The Morgan fingerprint density at radius 2 is 1.33 bits per heavy atom. The Hall–Kier alpha value is 0.217. The van der Waals surface area contributed by atoms with E-state index in [-0.39, 0.29) is 9.52 Å². The van der Waals surface area contributed by atoms with Crippen LogP contribution in [0.2, 0.25) is 11.6 Å². The van der Waals surface area contributed by atoms with Crippen LogP contribution in [0.3, 0.4) is 0 Å². The second-order valence-corrected chi connectivity index (χ2v) is 5.12. The van der Waals surface area contributed by atoms with Gasteiger partial charge in [-0.25, -0.2) is 0 Å².